The molecule has 2 rings (SSSR count). The molecule has 0 saturated heterocycles. The van der Waals surface area contributed by atoms with E-state index < -0.39 is 4.92 Å². The van der Waals surface area contributed by atoms with Gasteiger partial charge in [-0.2, -0.15) is 0 Å². The van der Waals surface area contributed by atoms with Crippen LogP contribution < -0.4 is 5.32 Å². The Hall–Kier alpha value is -1.78. The summed E-state index contributed by atoms with van der Waals surface area (Å²) in [4.78, 5) is 10.2. The Kier molecular flexibility index (Phi) is 4.24. The Morgan fingerprint density at radius 2 is 1.89 bits per heavy atom. The number of nitrogens with zero attached hydrogens (tertiary/aromatic N) is 1. The first kappa shape index (κ1) is 13.6. The van der Waals surface area contributed by atoms with Crippen molar-refractivity contribution in [2.75, 3.05) is 5.32 Å². The van der Waals surface area contributed by atoms with Gasteiger partial charge in [-0.15, -0.1) is 0 Å². The zero-order chi connectivity index (χ0) is 13.8. The first-order valence-electron chi connectivity index (χ1n) is 5.48. The minimum absolute atomic E-state index is 0.0773. The summed E-state index contributed by atoms with van der Waals surface area (Å²) >= 11 is 11.7. The normalized spacial score (nSPS) is 10.2. The van der Waals surface area contributed by atoms with E-state index in [0.29, 0.717) is 16.6 Å². The summed E-state index contributed by atoms with van der Waals surface area (Å²) in [6.45, 7) is 0.472. The van der Waals surface area contributed by atoms with Crippen LogP contribution in [0.25, 0.3) is 0 Å². The lowest BCUT2D eigenvalue weighted by molar-refractivity contribution is -0.384. The van der Waals surface area contributed by atoms with Crippen molar-refractivity contribution >= 4 is 34.6 Å². The number of halogens is 2. The van der Waals surface area contributed by atoms with E-state index in [4.69, 9.17) is 23.2 Å². The molecule has 1 N–H and O–H groups in total. The Labute approximate surface area is 120 Å². The molecule has 0 saturated carbocycles. The molecule has 2 aromatic rings. The molecule has 0 aliphatic heterocycles. The second-order valence-corrected chi connectivity index (χ2v) is 4.72. The van der Waals surface area contributed by atoms with Crippen LogP contribution in [0.4, 0.5) is 11.4 Å². The molecule has 0 fully saturated rings. The minimum Gasteiger partial charge on any atom is -0.381 e. The molecule has 0 aliphatic rings. The molecule has 4 nitrogen and oxygen atoms in total. The van der Waals surface area contributed by atoms with Crippen LogP contribution in [0.2, 0.25) is 10.0 Å². The zero-order valence-electron chi connectivity index (χ0n) is 9.77. The molecular formula is C13H10Cl2N2O2. The lowest BCUT2D eigenvalue weighted by Gasteiger charge is -2.07. The van der Waals surface area contributed by atoms with Gasteiger partial charge in [0.05, 0.1) is 15.0 Å². The average molecular weight is 297 g/mol. The van der Waals surface area contributed by atoms with Gasteiger partial charge in [0, 0.05) is 24.4 Å². The first-order valence-corrected chi connectivity index (χ1v) is 6.24. The summed E-state index contributed by atoms with van der Waals surface area (Å²) in [6, 6.07) is 11.7. The van der Waals surface area contributed by atoms with Crippen molar-refractivity contribution in [2.24, 2.45) is 0 Å². The van der Waals surface area contributed by atoms with Crippen LogP contribution in [0.3, 0.4) is 0 Å². The number of non-ortho nitro benzene ring substituents is 1. The van der Waals surface area contributed by atoms with Crippen LogP contribution in [0.5, 0.6) is 0 Å². The van der Waals surface area contributed by atoms with Crippen LogP contribution in [-0.2, 0) is 6.54 Å². The summed E-state index contributed by atoms with van der Waals surface area (Å²) in [5.41, 5.74) is 1.70. The highest BCUT2D eigenvalue weighted by Crippen LogP contribution is 2.25. The summed E-state index contributed by atoms with van der Waals surface area (Å²) in [5, 5.41) is 14.7. The summed E-state index contributed by atoms with van der Waals surface area (Å²) in [5.74, 6) is 0. The Bertz CT molecular complexity index is 617. The molecule has 19 heavy (non-hydrogen) atoms. The molecule has 0 heterocycles. The van der Waals surface area contributed by atoms with Gasteiger partial charge in [0.1, 0.15) is 0 Å². The van der Waals surface area contributed by atoms with Crippen LogP contribution in [-0.4, -0.2) is 4.92 Å². The number of rotatable bonds is 4. The number of benzene rings is 2. The molecule has 0 bridgehead atoms. The Balaban J connectivity index is 2.07. The van der Waals surface area contributed by atoms with Crippen molar-refractivity contribution in [1.29, 1.82) is 0 Å². The first-order chi connectivity index (χ1) is 9.06. The summed E-state index contributed by atoms with van der Waals surface area (Å²) < 4.78 is 0. The highest BCUT2D eigenvalue weighted by molar-refractivity contribution is 6.42. The standard InChI is InChI=1S/C13H10Cl2N2O2/c14-12-5-4-10(7-13(12)15)16-8-9-2-1-3-11(6-9)17(18)19/h1-7,16H,8H2. The second-order valence-electron chi connectivity index (χ2n) is 3.91. The number of anilines is 1. The third-order valence-corrected chi connectivity index (χ3v) is 3.28. The topological polar surface area (TPSA) is 55.2 Å². The average Bonchev–Trinajstić information content (AvgIpc) is 2.40. The predicted octanol–water partition coefficient (Wildman–Crippen LogP) is 4.51. The van der Waals surface area contributed by atoms with Gasteiger partial charge in [-0.3, -0.25) is 10.1 Å². The van der Waals surface area contributed by atoms with Gasteiger partial charge < -0.3 is 5.32 Å². The third-order valence-electron chi connectivity index (χ3n) is 2.54. The highest BCUT2D eigenvalue weighted by atomic mass is 35.5. The number of nitro benzene ring substituents is 1. The van der Waals surface area contributed by atoms with Gasteiger partial charge >= 0.3 is 0 Å². The molecule has 2 aromatic carbocycles. The van der Waals surface area contributed by atoms with Crippen LogP contribution in [0, 0.1) is 10.1 Å². The molecule has 0 aromatic heterocycles. The SMILES string of the molecule is O=[N+]([O-])c1cccc(CNc2ccc(Cl)c(Cl)c2)c1. The Morgan fingerprint density at radius 3 is 2.58 bits per heavy atom. The van der Waals surface area contributed by atoms with Gasteiger partial charge in [0.15, 0.2) is 0 Å². The van der Waals surface area contributed by atoms with E-state index >= 15 is 0 Å². The monoisotopic (exact) mass is 296 g/mol. The molecule has 0 unspecified atom stereocenters. The van der Waals surface area contributed by atoms with E-state index in [2.05, 4.69) is 5.32 Å². The van der Waals surface area contributed by atoms with Crippen LogP contribution in [0.1, 0.15) is 5.56 Å². The van der Waals surface area contributed by atoms with Gasteiger partial charge in [0.25, 0.3) is 5.69 Å². The second kappa shape index (κ2) is 5.91. The van der Waals surface area contributed by atoms with Gasteiger partial charge in [-0.25, -0.2) is 0 Å². The predicted molar refractivity (Wildman–Crippen MR) is 76.9 cm³/mol. The smallest absolute Gasteiger partial charge is 0.269 e. The van der Waals surface area contributed by atoms with E-state index in [9.17, 15) is 10.1 Å². The number of hydrogen-bond acceptors (Lipinski definition) is 3. The molecule has 98 valence electrons. The van der Waals surface area contributed by atoms with Crippen molar-refractivity contribution < 1.29 is 4.92 Å². The highest BCUT2D eigenvalue weighted by Gasteiger charge is 2.05. The van der Waals surface area contributed by atoms with Crippen molar-refractivity contribution in [3.05, 3.63) is 68.2 Å². The maximum Gasteiger partial charge on any atom is 0.269 e. The van der Waals surface area contributed by atoms with Crippen LogP contribution in [0.15, 0.2) is 42.5 Å². The van der Waals surface area contributed by atoms with Gasteiger partial charge in [0.2, 0.25) is 0 Å². The molecule has 0 aliphatic carbocycles. The van der Waals surface area contributed by atoms with E-state index in [0.717, 1.165) is 11.3 Å². The van der Waals surface area contributed by atoms with Crippen molar-refractivity contribution in [3.63, 3.8) is 0 Å². The fourth-order valence-corrected chi connectivity index (χ4v) is 1.89. The lowest BCUT2D eigenvalue weighted by atomic mass is 10.2. The molecule has 0 amide bonds. The fraction of sp³-hybridized carbons (Fsp3) is 0.0769. The summed E-state index contributed by atoms with van der Waals surface area (Å²) in [6.07, 6.45) is 0. The van der Waals surface area contributed by atoms with Crippen molar-refractivity contribution in [1.82, 2.24) is 0 Å². The summed E-state index contributed by atoms with van der Waals surface area (Å²) in [7, 11) is 0. The van der Waals surface area contributed by atoms with E-state index in [-0.39, 0.29) is 5.69 Å². The quantitative estimate of drug-likeness (QED) is 0.667. The van der Waals surface area contributed by atoms with Crippen molar-refractivity contribution in [2.45, 2.75) is 6.54 Å². The van der Waals surface area contributed by atoms with Crippen LogP contribution >= 0.6 is 23.2 Å². The zero-order valence-corrected chi connectivity index (χ0v) is 11.3. The molecule has 0 radical (unpaired) electrons. The lowest BCUT2D eigenvalue weighted by Crippen LogP contribution is -2.00. The fourth-order valence-electron chi connectivity index (χ4n) is 1.59. The molecule has 6 heteroatoms. The van der Waals surface area contributed by atoms with Gasteiger partial charge in [-0.1, -0.05) is 35.3 Å². The molecular weight excluding hydrogens is 287 g/mol. The van der Waals surface area contributed by atoms with Gasteiger partial charge in [-0.05, 0) is 23.8 Å². The molecule has 0 atom stereocenters. The van der Waals surface area contributed by atoms with E-state index in [1.807, 2.05) is 6.07 Å². The number of nitrogens with one attached hydrogen (secondary N) is 1. The van der Waals surface area contributed by atoms with Crippen molar-refractivity contribution in [3.8, 4) is 0 Å². The third kappa shape index (κ3) is 3.59. The minimum atomic E-state index is -0.414. The Morgan fingerprint density at radius 1 is 1.11 bits per heavy atom. The maximum absolute atomic E-state index is 10.7. The van der Waals surface area contributed by atoms with E-state index in [1.54, 1.807) is 24.3 Å². The number of hydrogen-bond donors (Lipinski definition) is 1. The number of nitro groups is 1. The largest absolute Gasteiger partial charge is 0.381 e. The maximum atomic E-state index is 10.7. The van der Waals surface area contributed by atoms with E-state index in [1.165, 1.54) is 12.1 Å². The molecule has 0 spiro atoms.